The molecule has 0 atom stereocenters. The van der Waals surface area contributed by atoms with Crippen molar-refractivity contribution >= 4 is 40.2 Å². The van der Waals surface area contributed by atoms with E-state index in [1.165, 1.54) is 4.88 Å². The first-order valence-corrected chi connectivity index (χ1v) is 6.99. The molecule has 1 N–H and O–H groups in total. The summed E-state index contributed by atoms with van der Waals surface area (Å²) in [5.74, 6) is 0.744. The highest BCUT2D eigenvalue weighted by Gasteiger charge is 2.07. The van der Waals surface area contributed by atoms with Crippen molar-refractivity contribution in [1.82, 2.24) is 0 Å². The van der Waals surface area contributed by atoms with Crippen LogP contribution in [0.2, 0.25) is 9.36 Å². The highest BCUT2D eigenvalue weighted by molar-refractivity contribution is 7.16. The lowest BCUT2D eigenvalue weighted by Crippen LogP contribution is -2.00. The number of hydrogen-bond donors (Lipinski definition) is 1. The fourth-order valence-electron chi connectivity index (χ4n) is 1.60. The summed E-state index contributed by atoms with van der Waals surface area (Å²) in [6.07, 6.45) is 0. The number of aryl methyl sites for hydroxylation is 1. The maximum Gasteiger partial charge on any atom is 0.143 e. The van der Waals surface area contributed by atoms with E-state index in [4.69, 9.17) is 27.9 Å². The summed E-state index contributed by atoms with van der Waals surface area (Å²) < 4.78 is 6.10. The first-order chi connectivity index (χ1) is 8.60. The minimum Gasteiger partial charge on any atom is -0.495 e. The Morgan fingerprint density at radius 1 is 1.28 bits per heavy atom. The molecular formula is C13H13Cl2NOS. The highest BCUT2D eigenvalue weighted by Crippen LogP contribution is 2.31. The Morgan fingerprint density at radius 3 is 2.67 bits per heavy atom. The molecule has 96 valence electrons. The highest BCUT2D eigenvalue weighted by atomic mass is 35.5. The first-order valence-electron chi connectivity index (χ1n) is 5.42. The molecule has 0 aliphatic rings. The van der Waals surface area contributed by atoms with E-state index in [2.05, 4.69) is 5.32 Å². The van der Waals surface area contributed by atoms with Gasteiger partial charge in [-0.25, -0.2) is 0 Å². The Kier molecular flexibility index (Phi) is 4.38. The van der Waals surface area contributed by atoms with Gasteiger partial charge in [0.05, 0.1) is 17.1 Å². The molecule has 2 nitrogen and oxygen atoms in total. The number of rotatable bonds is 4. The van der Waals surface area contributed by atoms with Crippen LogP contribution in [0.5, 0.6) is 5.75 Å². The topological polar surface area (TPSA) is 21.3 Å². The van der Waals surface area contributed by atoms with Crippen molar-refractivity contribution in [3.05, 3.63) is 44.1 Å². The van der Waals surface area contributed by atoms with Crippen LogP contribution in [0.4, 0.5) is 5.69 Å². The third-order valence-corrected chi connectivity index (χ3v) is 4.20. The normalized spacial score (nSPS) is 10.4. The maximum absolute atomic E-state index is 6.06. The zero-order chi connectivity index (χ0) is 13.1. The van der Waals surface area contributed by atoms with Crippen LogP contribution in [0, 0.1) is 6.92 Å². The smallest absolute Gasteiger partial charge is 0.143 e. The molecule has 0 spiro atoms. The molecule has 2 rings (SSSR count). The van der Waals surface area contributed by atoms with E-state index in [-0.39, 0.29) is 0 Å². The summed E-state index contributed by atoms with van der Waals surface area (Å²) in [6, 6.07) is 7.71. The van der Waals surface area contributed by atoms with Crippen molar-refractivity contribution in [2.24, 2.45) is 0 Å². The Hall–Kier alpha value is -0.900. The SMILES string of the molecule is COc1cc(Cl)c(C)cc1NCc1ccc(Cl)s1. The first kappa shape index (κ1) is 13.5. The molecule has 1 heterocycles. The monoisotopic (exact) mass is 301 g/mol. The lowest BCUT2D eigenvalue weighted by Gasteiger charge is -2.12. The number of nitrogens with one attached hydrogen (secondary N) is 1. The molecule has 0 fully saturated rings. The van der Waals surface area contributed by atoms with E-state index in [1.807, 2.05) is 31.2 Å². The second-order valence-electron chi connectivity index (χ2n) is 3.86. The number of ether oxygens (including phenoxy) is 1. The molecule has 0 radical (unpaired) electrons. The van der Waals surface area contributed by atoms with E-state index in [1.54, 1.807) is 18.4 Å². The third kappa shape index (κ3) is 3.10. The van der Waals surface area contributed by atoms with Crippen LogP contribution < -0.4 is 10.1 Å². The van der Waals surface area contributed by atoms with E-state index in [0.29, 0.717) is 5.02 Å². The van der Waals surface area contributed by atoms with E-state index in [0.717, 1.165) is 27.9 Å². The second-order valence-corrected chi connectivity index (χ2v) is 6.07. The average molecular weight is 302 g/mol. The summed E-state index contributed by atoms with van der Waals surface area (Å²) in [5.41, 5.74) is 1.95. The number of anilines is 1. The Balaban J connectivity index is 2.15. The minimum atomic E-state index is 0.705. The molecule has 18 heavy (non-hydrogen) atoms. The van der Waals surface area contributed by atoms with Gasteiger partial charge in [-0.1, -0.05) is 23.2 Å². The Bertz CT molecular complexity index is 554. The van der Waals surface area contributed by atoms with Gasteiger partial charge in [0, 0.05) is 22.5 Å². The van der Waals surface area contributed by atoms with Gasteiger partial charge in [-0.3, -0.25) is 0 Å². The van der Waals surface area contributed by atoms with Crippen LogP contribution in [0.3, 0.4) is 0 Å². The van der Waals surface area contributed by atoms with Gasteiger partial charge in [-0.05, 0) is 30.7 Å². The summed E-state index contributed by atoms with van der Waals surface area (Å²) in [7, 11) is 1.63. The number of halogens is 2. The summed E-state index contributed by atoms with van der Waals surface area (Å²) in [4.78, 5) is 1.18. The predicted molar refractivity (Wildman–Crippen MR) is 79.4 cm³/mol. The van der Waals surface area contributed by atoms with Gasteiger partial charge in [0.25, 0.3) is 0 Å². The molecule has 1 aromatic heterocycles. The van der Waals surface area contributed by atoms with Crippen molar-refractivity contribution in [2.75, 3.05) is 12.4 Å². The quantitative estimate of drug-likeness (QED) is 0.859. The van der Waals surface area contributed by atoms with Gasteiger partial charge in [0.1, 0.15) is 5.75 Å². The number of hydrogen-bond acceptors (Lipinski definition) is 3. The molecule has 0 bridgehead atoms. The third-order valence-electron chi connectivity index (χ3n) is 2.56. The zero-order valence-electron chi connectivity index (χ0n) is 10.1. The van der Waals surface area contributed by atoms with E-state index < -0.39 is 0 Å². The fourth-order valence-corrected chi connectivity index (χ4v) is 2.78. The molecule has 0 aliphatic heterocycles. The van der Waals surface area contributed by atoms with Crippen molar-refractivity contribution < 1.29 is 4.74 Å². The average Bonchev–Trinajstić information content (AvgIpc) is 2.76. The van der Waals surface area contributed by atoms with Gasteiger partial charge in [0.15, 0.2) is 0 Å². The molecule has 0 saturated carbocycles. The van der Waals surface area contributed by atoms with Crippen molar-refractivity contribution in [3.8, 4) is 5.75 Å². The lowest BCUT2D eigenvalue weighted by atomic mass is 10.2. The maximum atomic E-state index is 6.06. The molecule has 0 saturated heterocycles. The molecule has 0 aliphatic carbocycles. The number of methoxy groups -OCH3 is 1. The molecule has 0 amide bonds. The molecule has 1 aromatic carbocycles. The van der Waals surface area contributed by atoms with Gasteiger partial charge >= 0.3 is 0 Å². The van der Waals surface area contributed by atoms with E-state index >= 15 is 0 Å². The van der Waals surface area contributed by atoms with Crippen LogP contribution in [0.1, 0.15) is 10.4 Å². The zero-order valence-corrected chi connectivity index (χ0v) is 12.4. The van der Waals surface area contributed by atoms with Gasteiger partial charge < -0.3 is 10.1 Å². The Labute approximate surface area is 120 Å². The number of benzene rings is 1. The van der Waals surface area contributed by atoms with Crippen molar-refractivity contribution in [3.63, 3.8) is 0 Å². The van der Waals surface area contributed by atoms with Crippen LogP contribution in [-0.2, 0) is 6.54 Å². The van der Waals surface area contributed by atoms with Gasteiger partial charge in [-0.15, -0.1) is 11.3 Å². The predicted octanol–water partition coefficient (Wildman–Crippen LogP) is 4.98. The van der Waals surface area contributed by atoms with Crippen LogP contribution in [0.25, 0.3) is 0 Å². The molecular weight excluding hydrogens is 289 g/mol. The standard InChI is InChI=1S/C13H13Cl2NOS/c1-8-5-11(12(17-2)6-10(8)14)16-7-9-3-4-13(15)18-9/h3-6,16H,7H2,1-2H3. The second kappa shape index (κ2) is 5.83. The lowest BCUT2D eigenvalue weighted by molar-refractivity contribution is 0.416. The molecule has 5 heteroatoms. The molecule has 2 aromatic rings. The van der Waals surface area contributed by atoms with Gasteiger partial charge in [-0.2, -0.15) is 0 Å². The summed E-state index contributed by atoms with van der Waals surface area (Å²) in [5, 5.41) is 4.04. The summed E-state index contributed by atoms with van der Waals surface area (Å²) in [6.45, 7) is 2.68. The van der Waals surface area contributed by atoms with Crippen molar-refractivity contribution in [1.29, 1.82) is 0 Å². The minimum absolute atomic E-state index is 0.705. The summed E-state index contributed by atoms with van der Waals surface area (Å²) >= 11 is 13.5. The Morgan fingerprint density at radius 2 is 2.06 bits per heavy atom. The fraction of sp³-hybridized carbons (Fsp3) is 0.231. The van der Waals surface area contributed by atoms with Crippen LogP contribution in [0.15, 0.2) is 24.3 Å². The van der Waals surface area contributed by atoms with Crippen LogP contribution >= 0.6 is 34.5 Å². The van der Waals surface area contributed by atoms with Crippen molar-refractivity contribution in [2.45, 2.75) is 13.5 Å². The largest absolute Gasteiger partial charge is 0.495 e. The van der Waals surface area contributed by atoms with E-state index in [9.17, 15) is 0 Å². The number of thiophene rings is 1. The van der Waals surface area contributed by atoms with Crippen LogP contribution in [-0.4, -0.2) is 7.11 Å². The van der Waals surface area contributed by atoms with Gasteiger partial charge in [0.2, 0.25) is 0 Å². The molecule has 0 unspecified atom stereocenters.